The van der Waals surface area contributed by atoms with Crippen LogP contribution in [0.1, 0.15) is 81.2 Å². The van der Waals surface area contributed by atoms with Crippen molar-refractivity contribution in [2.24, 2.45) is 5.41 Å². The maximum atomic E-state index is 15.7. The Bertz CT molecular complexity index is 1750. The van der Waals surface area contributed by atoms with Crippen molar-refractivity contribution in [2.45, 2.75) is 78.7 Å². The third-order valence-corrected chi connectivity index (χ3v) is 8.48. The lowest BCUT2D eigenvalue weighted by molar-refractivity contribution is -0.138. The number of carbonyl (C=O) groups is 2. The summed E-state index contributed by atoms with van der Waals surface area (Å²) in [6.07, 6.45) is -3.74. The van der Waals surface area contributed by atoms with Gasteiger partial charge in [-0.2, -0.15) is 13.2 Å². The predicted octanol–water partition coefficient (Wildman–Crippen LogP) is 7.06. The molecular weight excluding hydrogens is 633 g/mol. The van der Waals surface area contributed by atoms with Crippen LogP contribution < -0.4 is 21.1 Å². The Balaban J connectivity index is 1.76. The van der Waals surface area contributed by atoms with Gasteiger partial charge in [0.25, 0.3) is 11.8 Å². The average Bonchev–Trinajstić information content (AvgIpc) is 2.94. The van der Waals surface area contributed by atoms with E-state index in [1.165, 1.54) is 24.3 Å². The molecule has 0 saturated carbocycles. The van der Waals surface area contributed by atoms with E-state index < -0.39 is 57.4 Å². The monoisotopic (exact) mass is 675 g/mol. The smallest absolute Gasteiger partial charge is 0.367 e. The summed E-state index contributed by atoms with van der Waals surface area (Å²) in [5, 5.41) is 5.29. The van der Waals surface area contributed by atoms with Crippen LogP contribution in [0.4, 0.5) is 33.3 Å². The number of alkyl halides is 3. The van der Waals surface area contributed by atoms with Crippen molar-refractivity contribution in [1.82, 2.24) is 15.2 Å². The Labute approximate surface area is 276 Å². The van der Waals surface area contributed by atoms with E-state index in [4.69, 9.17) is 0 Å². The van der Waals surface area contributed by atoms with Crippen molar-refractivity contribution in [3.05, 3.63) is 81.3 Å². The molecule has 4 rings (SSSR count). The molecule has 1 saturated heterocycles. The number of likely N-dealkylation sites (N-methyl/N-ethyl adjacent to an activating group) is 1. The predicted molar refractivity (Wildman–Crippen MR) is 176 cm³/mol. The molecule has 3 aromatic rings. The molecule has 13 heteroatoms. The van der Waals surface area contributed by atoms with Gasteiger partial charge in [0, 0.05) is 48.5 Å². The second-order valence-electron chi connectivity index (χ2n) is 14.4. The van der Waals surface area contributed by atoms with Gasteiger partial charge in [-0.15, -0.1) is 0 Å². The molecule has 1 aliphatic rings. The second kappa shape index (κ2) is 13.3. The van der Waals surface area contributed by atoms with Gasteiger partial charge in [0.15, 0.2) is 11.6 Å². The Morgan fingerprint density at radius 2 is 1.52 bits per heavy atom. The van der Waals surface area contributed by atoms with Crippen LogP contribution in [0.25, 0.3) is 11.1 Å². The zero-order valence-corrected chi connectivity index (χ0v) is 28.3. The first-order valence-electron chi connectivity index (χ1n) is 15.6. The molecule has 2 atom stereocenters. The van der Waals surface area contributed by atoms with Gasteiger partial charge in [-0.1, -0.05) is 32.9 Å². The maximum Gasteiger partial charge on any atom is 0.417 e. The van der Waals surface area contributed by atoms with Crippen LogP contribution in [0, 0.1) is 17.0 Å². The number of halogens is 5. The zero-order valence-electron chi connectivity index (χ0n) is 28.3. The van der Waals surface area contributed by atoms with E-state index in [9.17, 15) is 27.6 Å². The molecular formula is C35H42F5N5O3. The van der Waals surface area contributed by atoms with Crippen molar-refractivity contribution in [2.75, 3.05) is 30.4 Å². The molecule has 260 valence electrons. The molecule has 0 radical (unpaired) electrons. The molecule has 1 fully saturated rings. The van der Waals surface area contributed by atoms with Crippen molar-refractivity contribution in [1.29, 1.82) is 0 Å². The number of carbonyl (C=O) groups excluding carboxylic acids is 2. The van der Waals surface area contributed by atoms with Crippen molar-refractivity contribution >= 4 is 23.2 Å². The molecule has 3 N–H and O–H groups in total. The summed E-state index contributed by atoms with van der Waals surface area (Å²) in [6.45, 7) is 14.6. The lowest BCUT2D eigenvalue weighted by Crippen LogP contribution is -2.55. The molecule has 0 unspecified atom stereocenters. The number of nitrogens with zero attached hydrogens (tertiary/aromatic N) is 2. The van der Waals surface area contributed by atoms with Gasteiger partial charge < -0.3 is 20.5 Å². The molecule has 0 bridgehead atoms. The molecule has 2 amide bonds. The van der Waals surface area contributed by atoms with Gasteiger partial charge in [0.2, 0.25) is 5.56 Å². The minimum atomic E-state index is -5.00. The summed E-state index contributed by atoms with van der Waals surface area (Å²) in [5.41, 5.74) is -4.22. The molecule has 2 aromatic carbocycles. The number of aromatic nitrogens is 1. The highest BCUT2D eigenvalue weighted by molar-refractivity contribution is 6.07. The van der Waals surface area contributed by atoms with Crippen LogP contribution in [-0.4, -0.2) is 59.5 Å². The van der Waals surface area contributed by atoms with E-state index in [0.717, 1.165) is 0 Å². The van der Waals surface area contributed by atoms with Crippen LogP contribution in [0.15, 0.2) is 47.4 Å². The third kappa shape index (κ3) is 8.23. The molecule has 0 spiro atoms. The maximum absolute atomic E-state index is 15.7. The minimum Gasteiger partial charge on any atom is -0.367 e. The molecule has 1 aliphatic heterocycles. The lowest BCUT2D eigenvalue weighted by Gasteiger charge is -2.44. The summed E-state index contributed by atoms with van der Waals surface area (Å²) in [6, 6.07) is 7.32. The van der Waals surface area contributed by atoms with Gasteiger partial charge in [-0.3, -0.25) is 19.3 Å². The number of anilines is 2. The first-order valence-corrected chi connectivity index (χ1v) is 15.6. The van der Waals surface area contributed by atoms with E-state index in [0.29, 0.717) is 37.5 Å². The quantitative estimate of drug-likeness (QED) is 0.233. The first-order chi connectivity index (χ1) is 22.1. The Kier molecular flexibility index (Phi) is 10.2. The number of pyridine rings is 1. The van der Waals surface area contributed by atoms with Crippen LogP contribution in [0.3, 0.4) is 0 Å². The van der Waals surface area contributed by atoms with Crippen molar-refractivity contribution in [3.8, 4) is 11.1 Å². The first kappa shape index (κ1) is 36.6. The standard InChI is InChI=1S/C35H42F5N5O3/c1-19-16-45(17-20(2)44(19)8)27-12-9-21(13-26(27)42-31(47)24-15-41-28(46)14-25(24)35(38,39)40)22-10-11-23(30(37)29(22)36)32(48)43-34(6,7)18-33(3,4)5/h9-15,19-20H,16-18H2,1-8H3,(H,41,46)(H,42,47)(H,43,48)/t19-,20+. The normalized spacial score (nSPS) is 17.7. The number of amides is 2. The second-order valence-corrected chi connectivity index (χ2v) is 14.4. The highest BCUT2D eigenvalue weighted by Gasteiger charge is 2.36. The number of hydrogen-bond donors (Lipinski definition) is 3. The fourth-order valence-corrected chi connectivity index (χ4v) is 6.46. The fourth-order valence-electron chi connectivity index (χ4n) is 6.46. The van der Waals surface area contributed by atoms with Gasteiger partial charge in [0.05, 0.1) is 28.1 Å². The van der Waals surface area contributed by atoms with Crippen LogP contribution in [0.2, 0.25) is 0 Å². The van der Waals surface area contributed by atoms with Gasteiger partial charge in [-0.25, -0.2) is 8.78 Å². The summed E-state index contributed by atoms with van der Waals surface area (Å²) in [7, 11) is 1.97. The zero-order chi connectivity index (χ0) is 35.9. The van der Waals surface area contributed by atoms with Gasteiger partial charge in [-0.05, 0) is 70.3 Å². The van der Waals surface area contributed by atoms with Crippen molar-refractivity contribution in [3.63, 3.8) is 0 Å². The van der Waals surface area contributed by atoms with E-state index in [1.54, 1.807) is 19.9 Å². The molecule has 0 aliphatic carbocycles. The number of H-pyrrole nitrogens is 1. The van der Waals surface area contributed by atoms with Gasteiger partial charge >= 0.3 is 6.18 Å². The molecule has 48 heavy (non-hydrogen) atoms. The Morgan fingerprint density at radius 3 is 2.10 bits per heavy atom. The largest absolute Gasteiger partial charge is 0.417 e. The topological polar surface area (TPSA) is 97.5 Å². The molecule has 8 nitrogen and oxygen atoms in total. The Morgan fingerprint density at radius 1 is 0.896 bits per heavy atom. The number of aromatic amines is 1. The number of benzene rings is 2. The minimum absolute atomic E-state index is 0.0475. The number of piperazine rings is 1. The number of rotatable bonds is 7. The number of hydrogen-bond acceptors (Lipinski definition) is 5. The SMILES string of the molecule is C[C@@H]1CN(c2ccc(-c3ccc(C(=O)NC(C)(C)CC(C)(C)C)c(F)c3F)cc2NC(=O)c2c[nH]c(=O)cc2C(F)(F)F)C[C@H](C)N1C. The summed E-state index contributed by atoms with van der Waals surface area (Å²) < 4.78 is 72.5. The van der Waals surface area contributed by atoms with Crippen LogP contribution in [0.5, 0.6) is 0 Å². The van der Waals surface area contributed by atoms with E-state index in [-0.39, 0.29) is 34.3 Å². The average molecular weight is 676 g/mol. The fraction of sp³-hybridized carbons (Fsp3) is 0.457. The van der Waals surface area contributed by atoms with E-state index in [2.05, 4.69) is 20.5 Å². The lowest BCUT2D eigenvalue weighted by atomic mass is 9.81. The van der Waals surface area contributed by atoms with E-state index >= 15 is 8.78 Å². The summed E-state index contributed by atoms with van der Waals surface area (Å²) in [4.78, 5) is 44.3. The highest BCUT2D eigenvalue weighted by atomic mass is 19.4. The Hall–Kier alpha value is -4.26. The summed E-state index contributed by atoms with van der Waals surface area (Å²) >= 11 is 0. The van der Waals surface area contributed by atoms with Crippen LogP contribution >= 0.6 is 0 Å². The highest BCUT2D eigenvalue weighted by Crippen LogP contribution is 2.37. The third-order valence-electron chi connectivity index (χ3n) is 8.48. The number of nitrogens with one attached hydrogen (secondary N) is 3. The van der Waals surface area contributed by atoms with Gasteiger partial charge in [0.1, 0.15) is 0 Å². The van der Waals surface area contributed by atoms with Crippen LogP contribution in [-0.2, 0) is 6.18 Å². The molecule has 1 aromatic heterocycles. The summed E-state index contributed by atoms with van der Waals surface area (Å²) in [5.74, 6) is -4.61. The van der Waals surface area contributed by atoms with Crippen molar-refractivity contribution < 1.29 is 31.5 Å². The van der Waals surface area contributed by atoms with E-state index in [1.807, 2.05) is 46.6 Å². The molecule has 2 heterocycles.